The van der Waals surface area contributed by atoms with E-state index >= 15 is 0 Å². The predicted octanol–water partition coefficient (Wildman–Crippen LogP) is 1.92. The molecule has 3 rings (SSSR count). The van der Waals surface area contributed by atoms with E-state index in [1.54, 1.807) is 36.5 Å². The highest BCUT2D eigenvalue weighted by molar-refractivity contribution is 5.96. The first kappa shape index (κ1) is 13.0. The molecule has 0 unspecified atom stereocenters. The SMILES string of the molecule is O=C1COc2cccnc2N1Cc1ccccc1[N+](=O)[O-]. The van der Waals surface area contributed by atoms with Gasteiger partial charge < -0.3 is 4.74 Å². The number of hydrogen-bond donors (Lipinski definition) is 0. The van der Waals surface area contributed by atoms with Gasteiger partial charge >= 0.3 is 0 Å². The van der Waals surface area contributed by atoms with E-state index in [-0.39, 0.29) is 24.7 Å². The molecule has 0 bridgehead atoms. The van der Waals surface area contributed by atoms with Crippen LogP contribution < -0.4 is 9.64 Å². The summed E-state index contributed by atoms with van der Waals surface area (Å²) >= 11 is 0. The maximum atomic E-state index is 12.0. The fraction of sp³-hybridized carbons (Fsp3) is 0.143. The summed E-state index contributed by atoms with van der Waals surface area (Å²) in [7, 11) is 0. The van der Waals surface area contributed by atoms with Gasteiger partial charge in [0.1, 0.15) is 0 Å². The number of carbonyl (C=O) groups is 1. The number of anilines is 1. The lowest BCUT2D eigenvalue weighted by atomic mass is 10.1. The average molecular weight is 285 g/mol. The molecule has 0 radical (unpaired) electrons. The second-order valence-corrected chi connectivity index (χ2v) is 4.48. The van der Waals surface area contributed by atoms with Crippen LogP contribution in [-0.2, 0) is 11.3 Å². The van der Waals surface area contributed by atoms with Crippen molar-refractivity contribution >= 4 is 17.4 Å². The largest absolute Gasteiger partial charge is 0.480 e. The number of aromatic nitrogens is 1. The Morgan fingerprint density at radius 1 is 1.29 bits per heavy atom. The van der Waals surface area contributed by atoms with Gasteiger partial charge in [-0.3, -0.25) is 19.8 Å². The normalized spacial score (nSPS) is 13.5. The van der Waals surface area contributed by atoms with E-state index in [9.17, 15) is 14.9 Å². The molecule has 0 spiro atoms. The number of hydrogen-bond acceptors (Lipinski definition) is 5. The maximum Gasteiger partial charge on any atom is 0.274 e. The number of ether oxygens (including phenoxy) is 1. The molecule has 1 amide bonds. The fourth-order valence-electron chi connectivity index (χ4n) is 2.19. The number of benzene rings is 1. The Kier molecular flexibility index (Phi) is 3.23. The number of pyridine rings is 1. The maximum absolute atomic E-state index is 12.0. The summed E-state index contributed by atoms with van der Waals surface area (Å²) in [5.41, 5.74) is 0.434. The molecule has 0 N–H and O–H groups in total. The lowest BCUT2D eigenvalue weighted by Crippen LogP contribution is -2.39. The average Bonchev–Trinajstić information content (AvgIpc) is 2.50. The third-order valence-electron chi connectivity index (χ3n) is 3.18. The molecular weight excluding hydrogens is 274 g/mol. The minimum absolute atomic E-state index is 0.0192. The van der Waals surface area contributed by atoms with Crippen molar-refractivity contribution in [1.29, 1.82) is 0 Å². The van der Waals surface area contributed by atoms with Crippen molar-refractivity contribution in [3.05, 3.63) is 58.3 Å². The zero-order valence-electron chi connectivity index (χ0n) is 10.9. The zero-order valence-corrected chi connectivity index (χ0v) is 10.9. The Balaban J connectivity index is 1.99. The van der Waals surface area contributed by atoms with Gasteiger partial charge in [-0.1, -0.05) is 18.2 Å². The Hall–Kier alpha value is -2.96. The molecule has 106 valence electrons. The standard InChI is InChI=1S/C14H11N3O4/c18-13-9-21-12-6-3-7-15-14(12)16(13)8-10-4-1-2-5-11(10)17(19)20/h1-7H,8-9H2. The van der Waals surface area contributed by atoms with Crippen LogP contribution in [0.3, 0.4) is 0 Å². The van der Waals surface area contributed by atoms with Crippen LogP contribution in [0, 0.1) is 10.1 Å². The first-order valence-electron chi connectivity index (χ1n) is 6.27. The first-order valence-corrected chi connectivity index (χ1v) is 6.27. The van der Waals surface area contributed by atoms with Gasteiger partial charge in [0.05, 0.1) is 11.5 Å². The highest BCUT2D eigenvalue weighted by Crippen LogP contribution is 2.31. The number of amides is 1. The van der Waals surface area contributed by atoms with Crippen molar-refractivity contribution in [2.24, 2.45) is 0 Å². The molecule has 0 saturated heterocycles. The molecule has 2 aromatic rings. The molecule has 0 atom stereocenters. The summed E-state index contributed by atoms with van der Waals surface area (Å²) in [5.74, 6) is 0.599. The van der Waals surface area contributed by atoms with E-state index in [1.165, 1.54) is 11.0 Å². The van der Waals surface area contributed by atoms with Crippen LogP contribution in [0.2, 0.25) is 0 Å². The minimum atomic E-state index is -0.459. The second-order valence-electron chi connectivity index (χ2n) is 4.48. The Morgan fingerprint density at radius 3 is 2.90 bits per heavy atom. The van der Waals surface area contributed by atoms with E-state index in [0.29, 0.717) is 17.1 Å². The number of carbonyl (C=O) groups excluding carboxylic acids is 1. The first-order chi connectivity index (χ1) is 10.2. The smallest absolute Gasteiger partial charge is 0.274 e. The molecule has 1 aliphatic rings. The summed E-state index contributed by atoms with van der Waals surface area (Å²) in [4.78, 5) is 28.2. The summed E-state index contributed by atoms with van der Waals surface area (Å²) in [5, 5.41) is 11.1. The molecule has 0 saturated carbocycles. The van der Waals surface area contributed by atoms with Crippen molar-refractivity contribution in [3.8, 4) is 5.75 Å². The van der Waals surface area contributed by atoms with Crippen molar-refractivity contribution in [1.82, 2.24) is 4.98 Å². The van der Waals surface area contributed by atoms with Gasteiger partial charge in [-0.05, 0) is 12.1 Å². The molecular formula is C14H11N3O4. The summed E-state index contributed by atoms with van der Waals surface area (Å²) in [6.07, 6.45) is 1.55. The number of nitro groups is 1. The Morgan fingerprint density at radius 2 is 2.10 bits per heavy atom. The van der Waals surface area contributed by atoms with Gasteiger partial charge in [0, 0.05) is 17.8 Å². The van der Waals surface area contributed by atoms with Gasteiger partial charge in [-0.15, -0.1) is 0 Å². The molecule has 2 heterocycles. The Labute approximate surface area is 119 Å². The van der Waals surface area contributed by atoms with E-state index in [2.05, 4.69) is 4.98 Å². The molecule has 7 nitrogen and oxygen atoms in total. The second kappa shape index (κ2) is 5.20. The van der Waals surface area contributed by atoms with Crippen molar-refractivity contribution < 1.29 is 14.5 Å². The minimum Gasteiger partial charge on any atom is -0.480 e. The monoisotopic (exact) mass is 285 g/mol. The van der Waals surface area contributed by atoms with Gasteiger partial charge in [0.2, 0.25) is 0 Å². The number of nitrogens with zero attached hydrogens (tertiary/aromatic N) is 3. The molecule has 7 heteroatoms. The van der Waals surface area contributed by atoms with Gasteiger partial charge in [0.15, 0.2) is 18.2 Å². The highest BCUT2D eigenvalue weighted by atomic mass is 16.6. The highest BCUT2D eigenvalue weighted by Gasteiger charge is 2.28. The zero-order chi connectivity index (χ0) is 14.8. The molecule has 1 aromatic heterocycles. The van der Waals surface area contributed by atoms with E-state index in [4.69, 9.17) is 4.74 Å². The van der Waals surface area contributed by atoms with Gasteiger partial charge in [-0.25, -0.2) is 4.98 Å². The summed E-state index contributed by atoms with van der Waals surface area (Å²) in [6.45, 7) is -0.0112. The molecule has 1 aromatic carbocycles. The van der Waals surface area contributed by atoms with Crippen LogP contribution >= 0.6 is 0 Å². The van der Waals surface area contributed by atoms with Crippen molar-refractivity contribution in [2.75, 3.05) is 11.5 Å². The van der Waals surface area contributed by atoms with E-state index in [0.717, 1.165) is 0 Å². The lowest BCUT2D eigenvalue weighted by molar-refractivity contribution is -0.385. The molecule has 21 heavy (non-hydrogen) atoms. The van der Waals surface area contributed by atoms with E-state index in [1.807, 2.05) is 0 Å². The van der Waals surface area contributed by atoms with Crippen LogP contribution in [0.4, 0.5) is 11.5 Å². The summed E-state index contributed by atoms with van der Waals surface area (Å²) < 4.78 is 5.29. The number of nitro benzene ring substituents is 1. The topological polar surface area (TPSA) is 85.6 Å². The number of fused-ring (bicyclic) bond motifs is 1. The van der Waals surface area contributed by atoms with Crippen LogP contribution in [-0.4, -0.2) is 22.4 Å². The van der Waals surface area contributed by atoms with E-state index < -0.39 is 4.92 Å². The number of rotatable bonds is 3. The lowest BCUT2D eigenvalue weighted by Gasteiger charge is -2.27. The molecule has 0 aliphatic carbocycles. The molecule has 1 aliphatic heterocycles. The van der Waals surface area contributed by atoms with Crippen LogP contribution in [0.5, 0.6) is 5.75 Å². The van der Waals surface area contributed by atoms with Crippen molar-refractivity contribution in [3.63, 3.8) is 0 Å². The van der Waals surface area contributed by atoms with Crippen LogP contribution in [0.1, 0.15) is 5.56 Å². The quantitative estimate of drug-likeness (QED) is 0.635. The Bertz CT molecular complexity index is 717. The summed E-state index contributed by atoms with van der Waals surface area (Å²) in [6, 6.07) is 9.75. The van der Waals surface area contributed by atoms with Gasteiger partial charge in [-0.2, -0.15) is 0 Å². The third kappa shape index (κ3) is 2.40. The molecule has 0 fully saturated rings. The number of para-hydroxylation sites is 1. The van der Waals surface area contributed by atoms with Crippen LogP contribution in [0.15, 0.2) is 42.6 Å². The van der Waals surface area contributed by atoms with Crippen molar-refractivity contribution in [2.45, 2.75) is 6.54 Å². The predicted molar refractivity (Wildman–Crippen MR) is 74.0 cm³/mol. The van der Waals surface area contributed by atoms with Gasteiger partial charge in [0.25, 0.3) is 11.6 Å². The third-order valence-corrected chi connectivity index (χ3v) is 3.18. The fourth-order valence-corrected chi connectivity index (χ4v) is 2.19. The van der Waals surface area contributed by atoms with Crippen LogP contribution in [0.25, 0.3) is 0 Å².